The number of amides is 1. The van der Waals surface area contributed by atoms with Crippen LogP contribution in [0.25, 0.3) is 11.3 Å². The van der Waals surface area contributed by atoms with Gasteiger partial charge < -0.3 is 10.1 Å². The van der Waals surface area contributed by atoms with E-state index < -0.39 is 23.1 Å². The van der Waals surface area contributed by atoms with Crippen molar-refractivity contribution in [3.63, 3.8) is 0 Å². The molecule has 0 saturated heterocycles. The number of aryl methyl sites for hydroxylation is 1. The Bertz CT molecular complexity index is 1110. The van der Waals surface area contributed by atoms with Crippen LogP contribution in [0.15, 0.2) is 72.6 Å². The number of rotatable bonds is 5. The van der Waals surface area contributed by atoms with Crippen molar-refractivity contribution in [2.24, 2.45) is 4.99 Å². The van der Waals surface area contributed by atoms with Crippen molar-refractivity contribution in [2.45, 2.75) is 6.92 Å². The topological polar surface area (TPSA) is 63.6 Å². The minimum absolute atomic E-state index is 0.311. The lowest BCUT2D eigenvalue weighted by molar-refractivity contribution is 0.101. The Morgan fingerprint density at radius 3 is 2.50 bits per heavy atom. The number of aromatic nitrogens is 1. The molecule has 0 spiro atoms. The van der Waals surface area contributed by atoms with Crippen LogP contribution in [-0.2, 0) is 4.74 Å². The highest BCUT2D eigenvalue weighted by molar-refractivity contribution is 6.04. The summed E-state index contributed by atoms with van der Waals surface area (Å²) < 4.78 is 32.9. The smallest absolute Gasteiger partial charge is 0.261 e. The molecule has 5 nitrogen and oxygen atoms in total. The molecule has 0 radical (unpaired) electrons. The lowest BCUT2D eigenvalue weighted by Gasteiger charge is -2.11. The first kappa shape index (κ1) is 20.9. The second kappa shape index (κ2) is 9.09. The van der Waals surface area contributed by atoms with E-state index in [-0.39, 0.29) is 0 Å². The molecule has 0 bridgehead atoms. The van der Waals surface area contributed by atoms with E-state index in [1.807, 2.05) is 25.1 Å². The van der Waals surface area contributed by atoms with E-state index >= 15 is 0 Å². The Hall–Kier alpha value is -3.87. The maximum absolute atomic E-state index is 13.8. The number of nitrogens with one attached hydrogen (secondary N) is 1. The van der Waals surface area contributed by atoms with Crippen LogP contribution in [0.5, 0.6) is 0 Å². The van der Waals surface area contributed by atoms with Crippen LogP contribution in [-0.4, -0.2) is 23.8 Å². The first-order chi connectivity index (χ1) is 14.4. The second-order valence-corrected chi connectivity index (χ2v) is 6.33. The fourth-order valence-electron chi connectivity index (χ4n) is 2.90. The van der Waals surface area contributed by atoms with Crippen LogP contribution in [0.2, 0.25) is 0 Å². The molecule has 1 amide bonds. The molecule has 1 aromatic heterocycles. The summed E-state index contributed by atoms with van der Waals surface area (Å²) in [6, 6.07) is 12.2. The summed E-state index contributed by atoms with van der Waals surface area (Å²) in [6.07, 6.45) is 2.73. The summed E-state index contributed by atoms with van der Waals surface area (Å²) in [4.78, 5) is 20.7. The van der Waals surface area contributed by atoms with Crippen LogP contribution in [0, 0.1) is 18.6 Å². The quantitative estimate of drug-likeness (QED) is 0.363. The van der Waals surface area contributed by atoms with Crippen molar-refractivity contribution in [1.29, 1.82) is 0 Å². The van der Waals surface area contributed by atoms with Gasteiger partial charge in [0, 0.05) is 18.2 Å². The number of benzene rings is 2. The van der Waals surface area contributed by atoms with Crippen LogP contribution < -0.4 is 5.32 Å². The standard InChI is InChI=1S/C23H19F2N3O2/c1-4-30-23(26-3)15-9-8-14(2)17(12-15)20-11-10-16(13-27-20)28-22(29)21-18(24)6-5-7-19(21)25/h4-13H,1H2,2-3H3,(H,28,29). The van der Waals surface area contributed by atoms with E-state index in [0.29, 0.717) is 17.3 Å². The maximum Gasteiger partial charge on any atom is 0.261 e. The van der Waals surface area contributed by atoms with E-state index in [9.17, 15) is 13.6 Å². The number of carbonyl (C=O) groups excluding carboxylic acids is 1. The zero-order chi connectivity index (χ0) is 21.7. The van der Waals surface area contributed by atoms with Gasteiger partial charge in [-0.3, -0.25) is 14.8 Å². The van der Waals surface area contributed by atoms with Gasteiger partial charge in [-0.2, -0.15) is 0 Å². The van der Waals surface area contributed by atoms with Crippen molar-refractivity contribution in [3.8, 4) is 11.3 Å². The van der Waals surface area contributed by atoms with Gasteiger partial charge >= 0.3 is 0 Å². The van der Waals surface area contributed by atoms with Gasteiger partial charge in [-0.1, -0.05) is 18.7 Å². The summed E-state index contributed by atoms with van der Waals surface area (Å²) in [5.41, 5.74) is 2.90. The first-order valence-electron chi connectivity index (χ1n) is 9.01. The lowest BCUT2D eigenvalue weighted by Crippen LogP contribution is -2.16. The highest BCUT2D eigenvalue weighted by atomic mass is 19.1. The molecular weight excluding hydrogens is 388 g/mol. The van der Waals surface area contributed by atoms with E-state index in [2.05, 4.69) is 21.9 Å². The molecule has 0 saturated carbocycles. The number of anilines is 1. The highest BCUT2D eigenvalue weighted by Gasteiger charge is 2.17. The third kappa shape index (κ3) is 4.41. The molecule has 0 aliphatic rings. The van der Waals surface area contributed by atoms with Crippen molar-refractivity contribution in [1.82, 2.24) is 4.98 Å². The third-order valence-electron chi connectivity index (χ3n) is 4.37. The van der Waals surface area contributed by atoms with Crippen molar-refractivity contribution in [2.75, 3.05) is 12.4 Å². The normalized spacial score (nSPS) is 11.1. The van der Waals surface area contributed by atoms with Crippen LogP contribution in [0.1, 0.15) is 21.5 Å². The Kier molecular flexibility index (Phi) is 6.32. The van der Waals surface area contributed by atoms with E-state index in [1.165, 1.54) is 18.5 Å². The largest absolute Gasteiger partial charge is 0.447 e. The van der Waals surface area contributed by atoms with Gasteiger partial charge in [-0.25, -0.2) is 8.78 Å². The number of halogens is 2. The number of aliphatic imine (C=N–C) groups is 1. The van der Waals surface area contributed by atoms with E-state index in [4.69, 9.17) is 4.74 Å². The zero-order valence-electron chi connectivity index (χ0n) is 16.4. The maximum atomic E-state index is 13.8. The monoisotopic (exact) mass is 407 g/mol. The number of ether oxygens (including phenoxy) is 1. The average molecular weight is 407 g/mol. The molecule has 152 valence electrons. The predicted molar refractivity (Wildman–Crippen MR) is 112 cm³/mol. The zero-order valence-corrected chi connectivity index (χ0v) is 16.4. The summed E-state index contributed by atoms with van der Waals surface area (Å²) >= 11 is 0. The van der Waals surface area contributed by atoms with Crippen LogP contribution >= 0.6 is 0 Å². The third-order valence-corrected chi connectivity index (χ3v) is 4.37. The molecule has 2 aromatic carbocycles. The predicted octanol–water partition coefficient (Wildman–Crippen LogP) is 5.12. The average Bonchev–Trinajstić information content (AvgIpc) is 2.73. The molecule has 0 atom stereocenters. The number of hydrogen-bond acceptors (Lipinski definition) is 4. The number of carbonyl (C=O) groups is 1. The number of hydrogen-bond donors (Lipinski definition) is 1. The summed E-state index contributed by atoms with van der Waals surface area (Å²) in [6.45, 7) is 5.48. The van der Waals surface area contributed by atoms with Crippen LogP contribution in [0.4, 0.5) is 14.5 Å². The summed E-state index contributed by atoms with van der Waals surface area (Å²) in [7, 11) is 1.62. The molecule has 1 heterocycles. The number of nitrogens with zero attached hydrogens (tertiary/aromatic N) is 2. The highest BCUT2D eigenvalue weighted by Crippen LogP contribution is 2.25. The van der Waals surface area contributed by atoms with Gasteiger partial charge in [0.15, 0.2) is 0 Å². The Labute approximate surface area is 172 Å². The molecule has 0 fully saturated rings. The SMILES string of the molecule is C=COC(=NC)c1ccc(C)c(-c2ccc(NC(=O)c3c(F)cccc3F)cn2)c1. The van der Waals surface area contributed by atoms with E-state index in [1.54, 1.807) is 19.2 Å². The van der Waals surface area contributed by atoms with Gasteiger partial charge in [-0.15, -0.1) is 0 Å². The van der Waals surface area contributed by atoms with Crippen molar-refractivity contribution >= 4 is 17.5 Å². The first-order valence-corrected chi connectivity index (χ1v) is 9.01. The van der Waals surface area contributed by atoms with Gasteiger partial charge in [0.1, 0.15) is 17.2 Å². The molecular formula is C23H19F2N3O2. The lowest BCUT2D eigenvalue weighted by atomic mass is 10.0. The van der Waals surface area contributed by atoms with Gasteiger partial charge in [0.25, 0.3) is 5.91 Å². The summed E-state index contributed by atoms with van der Waals surface area (Å²) in [5.74, 6) is -2.33. The molecule has 1 N–H and O–H groups in total. The molecule has 7 heteroatoms. The fraction of sp³-hybridized carbons (Fsp3) is 0.0870. The molecule has 0 aliphatic heterocycles. The van der Waals surface area contributed by atoms with Gasteiger partial charge in [0.2, 0.25) is 5.90 Å². The number of pyridine rings is 1. The molecule has 0 aliphatic carbocycles. The van der Waals surface area contributed by atoms with E-state index in [0.717, 1.165) is 28.8 Å². The Morgan fingerprint density at radius 2 is 1.90 bits per heavy atom. The minimum Gasteiger partial charge on any atom is -0.447 e. The minimum atomic E-state index is -0.931. The van der Waals surface area contributed by atoms with Crippen molar-refractivity contribution < 1.29 is 18.3 Å². The second-order valence-electron chi connectivity index (χ2n) is 6.33. The molecule has 30 heavy (non-hydrogen) atoms. The summed E-state index contributed by atoms with van der Waals surface area (Å²) in [5, 5.41) is 2.46. The molecule has 3 rings (SSSR count). The Morgan fingerprint density at radius 1 is 1.17 bits per heavy atom. The fourth-order valence-corrected chi connectivity index (χ4v) is 2.90. The van der Waals surface area contributed by atoms with Crippen molar-refractivity contribution in [3.05, 3.63) is 95.9 Å². The van der Waals surface area contributed by atoms with Crippen LogP contribution in [0.3, 0.4) is 0 Å². The Balaban J connectivity index is 1.86. The van der Waals surface area contributed by atoms with Gasteiger partial charge in [-0.05, 0) is 48.9 Å². The molecule has 3 aromatic rings. The van der Waals surface area contributed by atoms with Gasteiger partial charge in [0.05, 0.1) is 23.8 Å². The molecule has 0 unspecified atom stereocenters.